The van der Waals surface area contributed by atoms with Gasteiger partial charge in [0.05, 0.1) is 7.11 Å². The molecule has 0 unspecified atom stereocenters. The number of para-hydroxylation sites is 2. The van der Waals surface area contributed by atoms with Crippen LogP contribution < -0.4 is 13.7 Å². The van der Waals surface area contributed by atoms with E-state index in [1.807, 2.05) is 6.92 Å². The number of hydrogen-bond donors (Lipinski definition) is 0. The van der Waals surface area contributed by atoms with Crippen molar-refractivity contribution in [3.63, 3.8) is 0 Å². The third kappa shape index (κ3) is 4.34. The number of carbonyl (C=O) groups is 1. The highest BCUT2D eigenvalue weighted by Crippen LogP contribution is 2.40. The van der Waals surface area contributed by atoms with Crippen LogP contribution in [0.3, 0.4) is 0 Å². The van der Waals surface area contributed by atoms with Gasteiger partial charge in [-0.3, -0.25) is 0 Å². The van der Waals surface area contributed by atoms with Crippen LogP contribution in [0.15, 0.2) is 77.7 Å². The number of carbonyl (C=O) groups excluding carboxylic acids is 1. The van der Waals surface area contributed by atoms with E-state index < -0.39 is 28.3 Å². The molecule has 0 fully saturated rings. The molecule has 160 valence electrons. The van der Waals surface area contributed by atoms with Crippen LogP contribution >= 0.6 is 0 Å². The molecule has 0 amide bonds. The predicted molar refractivity (Wildman–Crippen MR) is 112 cm³/mol. The van der Waals surface area contributed by atoms with Crippen molar-refractivity contribution in [2.75, 3.05) is 7.11 Å². The molecule has 0 aliphatic carbocycles. The summed E-state index contributed by atoms with van der Waals surface area (Å²) in [4.78, 5) is 12.3. The average molecular weight is 440 g/mol. The summed E-state index contributed by atoms with van der Waals surface area (Å²) in [6.07, 6.45) is -1.78. The van der Waals surface area contributed by atoms with E-state index in [-0.39, 0.29) is 10.6 Å². The minimum absolute atomic E-state index is 0.0635. The molecule has 0 aromatic heterocycles. The minimum atomic E-state index is -3.97. The zero-order valence-electron chi connectivity index (χ0n) is 16.8. The fourth-order valence-electron chi connectivity index (χ4n) is 3.17. The Labute approximate surface area is 180 Å². The van der Waals surface area contributed by atoms with Crippen LogP contribution in [0.4, 0.5) is 0 Å². The molecular weight excluding hydrogens is 420 g/mol. The molecule has 0 radical (unpaired) electrons. The van der Waals surface area contributed by atoms with E-state index in [1.165, 1.54) is 31.4 Å². The van der Waals surface area contributed by atoms with Gasteiger partial charge in [-0.05, 0) is 48.9 Å². The third-order valence-corrected chi connectivity index (χ3v) is 6.05. The van der Waals surface area contributed by atoms with Gasteiger partial charge in [0, 0.05) is 0 Å². The van der Waals surface area contributed by atoms with Crippen molar-refractivity contribution < 1.29 is 31.6 Å². The van der Waals surface area contributed by atoms with Gasteiger partial charge in [0.1, 0.15) is 10.6 Å². The molecule has 7 nitrogen and oxygen atoms in total. The Bertz CT molecular complexity index is 1190. The normalized spacial score (nSPS) is 17.6. The second-order valence-corrected chi connectivity index (χ2v) is 8.51. The van der Waals surface area contributed by atoms with Crippen LogP contribution in [0.5, 0.6) is 17.2 Å². The lowest BCUT2D eigenvalue weighted by molar-refractivity contribution is -0.155. The highest BCUT2D eigenvalue weighted by Gasteiger charge is 2.39. The number of hydrogen-bond acceptors (Lipinski definition) is 7. The summed E-state index contributed by atoms with van der Waals surface area (Å²) in [5, 5.41) is 0. The van der Waals surface area contributed by atoms with Gasteiger partial charge in [0.2, 0.25) is 6.10 Å². The second-order valence-electron chi connectivity index (χ2n) is 6.97. The SMILES string of the molecule is COC(=O)[C@H]1Oc2ccccc2O[C@H]1c1ccc(OS(=O)(=O)c2ccc(C)cc2)cc1. The fraction of sp³-hybridized carbons (Fsp3) is 0.174. The second kappa shape index (κ2) is 8.31. The first-order valence-corrected chi connectivity index (χ1v) is 10.9. The van der Waals surface area contributed by atoms with E-state index >= 15 is 0 Å². The fourth-order valence-corrected chi connectivity index (χ4v) is 4.10. The molecule has 3 aromatic rings. The summed E-state index contributed by atoms with van der Waals surface area (Å²) in [6, 6.07) is 19.6. The van der Waals surface area contributed by atoms with Gasteiger partial charge in [0.25, 0.3) is 0 Å². The molecule has 0 saturated carbocycles. The van der Waals surface area contributed by atoms with E-state index in [0.29, 0.717) is 17.1 Å². The summed E-state index contributed by atoms with van der Waals surface area (Å²) >= 11 is 0. The lowest BCUT2D eigenvalue weighted by Crippen LogP contribution is -2.40. The molecule has 0 N–H and O–H groups in total. The summed E-state index contributed by atoms with van der Waals surface area (Å²) in [6.45, 7) is 1.87. The number of fused-ring (bicyclic) bond motifs is 1. The molecule has 0 saturated heterocycles. The summed E-state index contributed by atoms with van der Waals surface area (Å²) in [5.74, 6) is 0.492. The van der Waals surface area contributed by atoms with Gasteiger partial charge in [-0.2, -0.15) is 8.42 Å². The summed E-state index contributed by atoms with van der Waals surface area (Å²) < 4.78 is 46.9. The van der Waals surface area contributed by atoms with E-state index in [9.17, 15) is 13.2 Å². The monoisotopic (exact) mass is 440 g/mol. The standard InChI is InChI=1S/C23H20O7S/c1-15-7-13-18(14-8-15)31(25,26)30-17-11-9-16(10-12-17)21-22(23(24)27-2)29-20-6-4-3-5-19(20)28-21/h3-14,21-22H,1-2H3/t21-,22-/m0/s1. The van der Waals surface area contributed by atoms with Gasteiger partial charge >= 0.3 is 16.1 Å². The quantitative estimate of drug-likeness (QED) is 0.440. The van der Waals surface area contributed by atoms with E-state index in [1.54, 1.807) is 48.5 Å². The van der Waals surface area contributed by atoms with Crippen LogP contribution in [0.1, 0.15) is 17.2 Å². The Kier molecular flexibility index (Phi) is 5.56. The average Bonchev–Trinajstić information content (AvgIpc) is 2.78. The van der Waals surface area contributed by atoms with Gasteiger partial charge in [0.15, 0.2) is 17.6 Å². The van der Waals surface area contributed by atoms with Crippen molar-refractivity contribution in [1.82, 2.24) is 0 Å². The zero-order valence-corrected chi connectivity index (χ0v) is 17.7. The molecule has 1 heterocycles. The van der Waals surface area contributed by atoms with Gasteiger partial charge < -0.3 is 18.4 Å². The molecule has 1 aliphatic heterocycles. The Morgan fingerprint density at radius 2 is 1.48 bits per heavy atom. The van der Waals surface area contributed by atoms with Crippen LogP contribution in [-0.4, -0.2) is 27.6 Å². The van der Waals surface area contributed by atoms with Crippen molar-refractivity contribution in [2.24, 2.45) is 0 Å². The van der Waals surface area contributed by atoms with E-state index in [0.717, 1.165) is 5.56 Å². The van der Waals surface area contributed by atoms with Gasteiger partial charge in [-0.1, -0.05) is 42.0 Å². The minimum Gasteiger partial charge on any atom is -0.477 e. The molecular formula is C23H20O7S. The van der Waals surface area contributed by atoms with Crippen molar-refractivity contribution >= 4 is 16.1 Å². The summed E-state index contributed by atoms with van der Waals surface area (Å²) in [7, 11) is -2.69. The molecule has 8 heteroatoms. The molecule has 2 atom stereocenters. The first kappa shape index (κ1) is 20.7. The maximum atomic E-state index is 12.5. The predicted octanol–water partition coefficient (Wildman–Crippen LogP) is 3.82. The van der Waals surface area contributed by atoms with E-state index in [2.05, 4.69) is 0 Å². The molecule has 3 aromatic carbocycles. The topological polar surface area (TPSA) is 88.1 Å². The van der Waals surface area contributed by atoms with Gasteiger partial charge in [-0.25, -0.2) is 4.79 Å². The molecule has 0 bridgehead atoms. The zero-order chi connectivity index (χ0) is 22.0. The number of methoxy groups -OCH3 is 1. The maximum Gasteiger partial charge on any atom is 0.351 e. The Balaban J connectivity index is 1.58. The Morgan fingerprint density at radius 1 is 0.871 bits per heavy atom. The molecule has 1 aliphatic rings. The van der Waals surface area contributed by atoms with Crippen molar-refractivity contribution in [3.8, 4) is 17.2 Å². The van der Waals surface area contributed by atoms with Crippen LogP contribution in [0.2, 0.25) is 0 Å². The number of ether oxygens (including phenoxy) is 3. The largest absolute Gasteiger partial charge is 0.477 e. The van der Waals surface area contributed by atoms with Gasteiger partial charge in [-0.15, -0.1) is 0 Å². The Morgan fingerprint density at radius 3 is 2.10 bits per heavy atom. The van der Waals surface area contributed by atoms with Crippen molar-refractivity contribution in [3.05, 3.63) is 83.9 Å². The highest BCUT2D eigenvalue weighted by molar-refractivity contribution is 7.87. The number of esters is 1. The Hall–Kier alpha value is -3.52. The molecule has 4 rings (SSSR count). The lowest BCUT2D eigenvalue weighted by Gasteiger charge is -2.32. The first-order valence-electron chi connectivity index (χ1n) is 9.49. The lowest BCUT2D eigenvalue weighted by atomic mass is 10.0. The molecule has 31 heavy (non-hydrogen) atoms. The van der Waals surface area contributed by atoms with Crippen LogP contribution in [-0.2, 0) is 19.6 Å². The van der Waals surface area contributed by atoms with Crippen LogP contribution in [0, 0.1) is 6.92 Å². The number of aryl methyl sites for hydroxylation is 1. The smallest absolute Gasteiger partial charge is 0.351 e. The van der Waals surface area contributed by atoms with Crippen LogP contribution in [0.25, 0.3) is 0 Å². The number of benzene rings is 3. The van der Waals surface area contributed by atoms with Crippen molar-refractivity contribution in [1.29, 1.82) is 0 Å². The summed E-state index contributed by atoms with van der Waals surface area (Å²) in [5.41, 5.74) is 1.55. The first-order chi connectivity index (χ1) is 14.9. The molecule has 0 spiro atoms. The van der Waals surface area contributed by atoms with E-state index in [4.69, 9.17) is 18.4 Å². The maximum absolute atomic E-state index is 12.5. The third-order valence-electron chi connectivity index (χ3n) is 4.79. The highest BCUT2D eigenvalue weighted by atomic mass is 32.2. The van der Waals surface area contributed by atoms with Crippen molar-refractivity contribution in [2.45, 2.75) is 24.0 Å². The number of rotatable bonds is 5.